The SMILES string of the molecule is COc1cc(CN(C)CCC(C)C)ccc1OCC(O)CN(C)C1CCCCC1. The Morgan fingerprint density at radius 2 is 1.83 bits per heavy atom. The Balaban J connectivity index is 1.83. The normalized spacial score (nSPS) is 16.6. The van der Waals surface area contributed by atoms with Crippen molar-refractivity contribution in [1.82, 2.24) is 9.80 Å². The van der Waals surface area contributed by atoms with Crippen LogP contribution in [0, 0.1) is 5.92 Å². The van der Waals surface area contributed by atoms with E-state index in [1.54, 1.807) is 7.11 Å². The van der Waals surface area contributed by atoms with Crippen LogP contribution in [0.3, 0.4) is 0 Å². The van der Waals surface area contributed by atoms with Crippen LogP contribution in [-0.4, -0.2) is 68.0 Å². The number of benzene rings is 1. The van der Waals surface area contributed by atoms with Crippen molar-refractivity contribution in [2.75, 3.05) is 40.9 Å². The third-order valence-corrected chi connectivity index (χ3v) is 5.90. The fraction of sp³-hybridized carbons (Fsp3) is 0.750. The summed E-state index contributed by atoms with van der Waals surface area (Å²) in [6, 6.07) is 6.69. The summed E-state index contributed by atoms with van der Waals surface area (Å²) in [7, 11) is 5.94. The second kappa shape index (κ2) is 12.4. The van der Waals surface area contributed by atoms with Crippen molar-refractivity contribution in [1.29, 1.82) is 0 Å². The Hall–Kier alpha value is -1.30. The third-order valence-electron chi connectivity index (χ3n) is 5.90. The molecular formula is C24H42N2O3. The van der Waals surface area contributed by atoms with Crippen molar-refractivity contribution in [3.8, 4) is 11.5 Å². The average molecular weight is 407 g/mol. The van der Waals surface area contributed by atoms with E-state index < -0.39 is 6.10 Å². The van der Waals surface area contributed by atoms with Gasteiger partial charge in [0, 0.05) is 19.1 Å². The van der Waals surface area contributed by atoms with Gasteiger partial charge in [0.2, 0.25) is 0 Å². The minimum atomic E-state index is -0.506. The fourth-order valence-corrected chi connectivity index (χ4v) is 4.04. The average Bonchev–Trinajstić information content (AvgIpc) is 2.71. The Morgan fingerprint density at radius 3 is 2.48 bits per heavy atom. The number of aliphatic hydroxyl groups is 1. The molecule has 1 saturated carbocycles. The molecule has 1 aliphatic carbocycles. The monoisotopic (exact) mass is 406 g/mol. The van der Waals surface area contributed by atoms with Crippen molar-refractivity contribution in [2.45, 2.75) is 71.1 Å². The maximum absolute atomic E-state index is 10.4. The molecule has 0 saturated heterocycles. The highest BCUT2D eigenvalue weighted by Crippen LogP contribution is 2.29. The van der Waals surface area contributed by atoms with Crippen LogP contribution in [0.15, 0.2) is 18.2 Å². The first-order valence-electron chi connectivity index (χ1n) is 11.3. The highest BCUT2D eigenvalue weighted by Gasteiger charge is 2.20. The van der Waals surface area contributed by atoms with Gasteiger partial charge in [-0.3, -0.25) is 0 Å². The summed E-state index contributed by atoms with van der Waals surface area (Å²) in [5.41, 5.74) is 1.21. The largest absolute Gasteiger partial charge is 0.493 e. The second-order valence-electron chi connectivity index (χ2n) is 9.10. The van der Waals surface area contributed by atoms with Gasteiger partial charge in [0.1, 0.15) is 12.7 Å². The van der Waals surface area contributed by atoms with E-state index in [4.69, 9.17) is 9.47 Å². The molecule has 29 heavy (non-hydrogen) atoms. The van der Waals surface area contributed by atoms with Crippen LogP contribution in [0.5, 0.6) is 11.5 Å². The van der Waals surface area contributed by atoms with Gasteiger partial charge in [-0.2, -0.15) is 0 Å². The van der Waals surface area contributed by atoms with E-state index in [1.807, 2.05) is 12.1 Å². The number of rotatable bonds is 12. The Labute approximate surface area is 178 Å². The molecular weight excluding hydrogens is 364 g/mol. The van der Waals surface area contributed by atoms with Gasteiger partial charge < -0.3 is 24.4 Å². The lowest BCUT2D eigenvalue weighted by atomic mass is 9.94. The number of nitrogens with zero attached hydrogens (tertiary/aromatic N) is 2. The molecule has 1 fully saturated rings. The molecule has 1 aromatic carbocycles. The van der Waals surface area contributed by atoms with E-state index >= 15 is 0 Å². The molecule has 1 N–H and O–H groups in total. The highest BCUT2D eigenvalue weighted by molar-refractivity contribution is 5.43. The van der Waals surface area contributed by atoms with Gasteiger partial charge in [-0.1, -0.05) is 39.2 Å². The molecule has 5 nitrogen and oxygen atoms in total. The maximum atomic E-state index is 10.4. The first-order chi connectivity index (χ1) is 13.9. The Kier molecular flexibility index (Phi) is 10.3. The predicted molar refractivity (Wildman–Crippen MR) is 120 cm³/mol. The minimum Gasteiger partial charge on any atom is -0.493 e. The third kappa shape index (κ3) is 8.53. The molecule has 2 rings (SSSR count). The number of likely N-dealkylation sites (N-methyl/N-ethyl adjacent to an activating group) is 1. The van der Waals surface area contributed by atoms with Crippen molar-refractivity contribution in [3.63, 3.8) is 0 Å². The van der Waals surface area contributed by atoms with Gasteiger partial charge in [0.25, 0.3) is 0 Å². The molecule has 1 aromatic rings. The quantitative estimate of drug-likeness (QED) is 0.564. The molecule has 0 radical (unpaired) electrons. The lowest BCUT2D eigenvalue weighted by molar-refractivity contribution is 0.0553. The van der Waals surface area contributed by atoms with Gasteiger partial charge in [0.15, 0.2) is 11.5 Å². The number of aliphatic hydroxyl groups excluding tert-OH is 1. The van der Waals surface area contributed by atoms with Crippen LogP contribution < -0.4 is 9.47 Å². The molecule has 166 valence electrons. The van der Waals surface area contributed by atoms with E-state index in [9.17, 15) is 5.11 Å². The van der Waals surface area contributed by atoms with Gasteiger partial charge in [-0.15, -0.1) is 0 Å². The first-order valence-corrected chi connectivity index (χ1v) is 11.3. The van der Waals surface area contributed by atoms with E-state index in [-0.39, 0.29) is 6.61 Å². The lowest BCUT2D eigenvalue weighted by Crippen LogP contribution is -2.40. The molecule has 0 bridgehead atoms. The summed E-state index contributed by atoms with van der Waals surface area (Å²) >= 11 is 0. The number of hydrogen-bond acceptors (Lipinski definition) is 5. The molecule has 0 heterocycles. The highest BCUT2D eigenvalue weighted by atomic mass is 16.5. The van der Waals surface area contributed by atoms with Crippen LogP contribution >= 0.6 is 0 Å². The smallest absolute Gasteiger partial charge is 0.161 e. The van der Waals surface area contributed by atoms with E-state index in [1.165, 1.54) is 44.1 Å². The van der Waals surface area contributed by atoms with Gasteiger partial charge in [0.05, 0.1) is 7.11 Å². The summed E-state index contributed by atoms with van der Waals surface area (Å²) in [6.45, 7) is 7.40. The lowest BCUT2D eigenvalue weighted by Gasteiger charge is -2.32. The van der Waals surface area contributed by atoms with Crippen LogP contribution in [0.25, 0.3) is 0 Å². The Bertz CT molecular complexity index is 587. The predicted octanol–water partition coefficient (Wildman–Crippen LogP) is 4.18. The van der Waals surface area contributed by atoms with Gasteiger partial charge in [-0.05, 0) is 63.5 Å². The fourth-order valence-electron chi connectivity index (χ4n) is 4.04. The Morgan fingerprint density at radius 1 is 1.10 bits per heavy atom. The molecule has 0 aliphatic heterocycles. The van der Waals surface area contributed by atoms with Crippen LogP contribution in [0.1, 0.15) is 57.9 Å². The van der Waals surface area contributed by atoms with E-state index in [2.05, 4.69) is 43.8 Å². The molecule has 1 atom stereocenters. The summed E-state index contributed by atoms with van der Waals surface area (Å²) in [4.78, 5) is 4.63. The van der Waals surface area contributed by atoms with Gasteiger partial charge in [-0.25, -0.2) is 0 Å². The zero-order chi connectivity index (χ0) is 21.2. The van der Waals surface area contributed by atoms with E-state index in [0.717, 1.165) is 18.8 Å². The summed E-state index contributed by atoms with van der Waals surface area (Å²) < 4.78 is 11.4. The summed E-state index contributed by atoms with van der Waals surface area (Å²) in [5, 5.41) is 10.4. The van der Waals surface area contributed by atoms with Crippen molar-refractivity contribution in [2.24, 2.45) is 5.92 Å². The van der Waals surface area contributed by atoms with Gasteiger partial charge >= 0.3 is 0 Å². The topological polar surface area (TPSA) is 45.2 Å². The minimum absolute atomic E-state index is 0.279. The van der Waals surface area contributed by atoms with Crippen molar-refractivity contribution < 1.29 is 14.6 Å². The van der Waals surface area contributed by atoms with E-state index in [0.29, 0.717) is 24.3 Å². The number of hydrogen-bond donors (Lipinski definition) is 1. The molecule has 0 spiro atoms. The summed E-state index contributed by atoms with van der Waals surface area (Å²) in [5.74, 6) is 2.14. The van der Waals surface area contributed by atoms with Crippen LogP contribution in [0.4, 0.5) is 0 Å². The van der Waals surface area contributed by atoms with Crippen LogP contribution in [0.2, 0.25) is 0 Å². The second-order valence-corrected chi connectivity index (χ2v) is 9.10. The standard InChI is InChI=1S/C24H42N2O3/c1-19(2)13-14-25(3)16-20-11-12-23(24(15-20)28-5)29-18-22(27)17-26(4)21-9-7-6-8-10-21/h11-12,15,19,21-22,27H,6-10,13-14,16-18H2,1-5H3. The first kappa shape index (κ1) is 24.0. The molecule has 0 aromatic heterocycles. The molecule has 1 aliphatic rings. The zero-order valence-corrected chi connectivity index (χ0v) is 19.2. The molecule has 1 unspecified atom stereocenters. The maximum Gasteiger partial charge on any atom is 0.161 e. The van der Waals surface area contributed by atoms with Crippen molar-refractivity contribution in [3.05, 3.63) is 23.8 Å². The van der Waals surface area contributed by atoms with Crippen LogP contribution in [-0.2, 0) is 6.54 Å². The number of ether oxygens (including phenoxy) is 2. The molecule has 0 amide bonds. The molecule has 5 heteroatoms. The summed E-state index contributed by atoms with van der Waals surface area (Å²) in [6.07, 6.45) is 7.13. The number of methoxy groups -OCH3 is 1. The van der Waals surface area contributed by atoms with Crippen molar-refractivity contribution >= 4 is 0 Å². The zero-order valence-electron chi connectivity index (χ0n) is 19.2.